The van der Waals surface area contributed by atoms with Crippen molar-refractivity contribution in [3.63, 3.8) is 0 Å². The summed E-state index contributed by atoms with van der Waals surface area (Å²) in [6.07, 6.45) is 12.2. The van der Waals surface area contributed by atoms with Crippen molar-refractivity contribution in [3.8, 4) is 0 Å². The molecule has 0 spiro atoms. The number of likely N-dealkylation sites (tertiary alicyclic amines) is 2. The van der Waals surface area contributed by atoms with Crippen molar-refractivity contribution in [1.29, 1.82) is 0 Å². The summed E-state index contributed by atoms with van der Waals surface area (Å²) in [5.41, 5.74) is 0.324. The molecule has 27 heavy (non-hydrogen) atoms. The van der Waals surface area contributed by atoms with Gasteiger partial charge < -0.3 is 15.0 Å². The lowest BCUT2D eigenvalue weighted by Crippen LogP contribution is -2.54. The van der Waals surface area contributed by atoms with E-state index in [0.29, 0.717) is 11.5 Å². The average Bonchev–Trinajstić information content (AvgIpc) is 3.15. The smallest absolute Gasteiger partial charge is 0.193 e. The van der Waals surface area contributed by atoms with Gasteiger partial charge in [0.2, 0.25) is 0 Å². The van der Waals surface area contributed by atoms with Gasteiger partial charge in [-0.2, -0.15) is 0 Å². The predicted molar refractivity (Wildman–Crippen MR) is 124 cm³/mol. The second-order valence-corrected chi connectivity index (χ2v) is 8.56. The minimum atomic E-state index is 0. The molecule has 3 aliphatic rings. The van der Waals surface area contributed by atoms with Crippen molar-refractivity contribution >= 4 is 29.9 Å². The molecule has 5 nitrogen and oxygen atoms in total. The molecular formula is C21H41IN4O. The van der Waals surface area contributed by atoms with E-state index >= 15 is 0 Å². The molecule has 1 atom stereocenters. The number of aliphatic imine (C=N–C) groups is 1. The van der Waals surface area contributed by atoms with E-state index in [1.165, 1.54) is 70.9 Å². The first-order valence-electron chi connectivity index (χ1n) is 11.0. The molecule has 0 aromatic heterocycles. The van der Waals surface area contributed by atoms with Crippen LogP contribution in [0.1, 0.15) is 64.7 Å². The van der Waals surface area contributed by atoms with Gasteiger partial charge in [0.25, 0.3) is 0 Å². The quantitative estimate of drug-likeness (QED) is 0.349. The summed E-state index contributed by atoms with van der Waals surface area (Å²) >= 11 is 0. The number of nitrogens with one attached hydrogen (secondary N) is 1. The Balaban J connectivity index is 0.00000261. The fourth-order valence-electron chi connectivity index (χ4n) is 5.20. The molecule has 1 aliphatic carbocycles. The summed E-state index contributed by atoms with van der Waals surface area (Å²) in [6, 6.07) is 0. The first kappa shape index (κ1) is 23.2. The van der Waals surface area contributed by atoms with Crippen LogP contribution >= 0.6 is 24.0 Å². The van der Waals surface area contributed by atoms with Gasteiger partial charge in [0.05, 0.1) is 13.2 Å². The van der Waals surface area contributed by atoms with E-state index in [1.54, 1.807) is 0 Å². The van der Waals surface area contributed by atoms with Crippen LogP contribution in [-0.4, -0.2) is 74.3 Å². The molecule has 6 heteroatoms. The second kappa shape index (κ2) is 11.8. The van der Waals surface area contributed by atoms with Crippen molar-refractivity contribution < 1.29 is 4.74 Å². The normalized spacial score (nSPS) is 26.7. The van der Waals surface area contributed by atoms with E-state index in [2.05, 4.69) is 22.0 Å². The molecule has 0 amide bonds. The van der Waals surface area contributed by atoms with Crippen LogP contribution in [0.4, 0.5) is 0 Å². The monoisotopic (exact) mass is 492 g/mol. The highest BCUT2D eigenvalue weighted by molar-refractivity contribution is 14.0. The molecule has 3 rings (SSSR count). The van der Waals surface area contributed by atoms with Crippen LogP contribution in [0.3, 0.4) is 0 Å². The summed E-state index contributed by atoms with van der Waals surface area (Å²) in [6.45, 7) is 9.72. The van der Waals surface area contributed by atoms with Gasteiger partial charge in [-0.3, -0.25) is 9.89 Å². The Morgan fingerprint density at radius 1 is 1.07 bits per heavy atom. The molecule has 0 aromatic carbocycles. The van der Waals surface area contributed by atoms with E-state index < -0.39 is 0 Å². The molecule has 2 aliphatic heterocycles. The summed E-state index contributed by atoms with van der Waals surface area (Å²) in [5.74, 6) is 1.78. The number of piperidine rings is 1. The highest BCUT2D eigenvalue weighted by atomic mass is 127. The minimum Gasteiger partial charge on any atom is -0.384 e. The highest BCUT2D eigenvalue weighted by Gasteiger charge is 2.38. The lowest BCUT2D eigenvalue weighted by atomic mass is 9.79. The molecule has 1 N–H and O–H groups in total. The van der Waals surface area contributed by atoms with E-state index in [0.717, 1.165) is 38.7 Å². The third kappa shape index (κ3) is 6.20. The Kier molecular flexibility index (Phi) is 10.1. The number of ether oxygens (including phenoxy) is 1. The van der Waals surface area contributed by atoms with Crippen LogP contribution in [0.2, 0.25) is 0 Å². The minimum absolute atomic E-state index is 0. The van der Waals surface area contributed by atoms with Crippen LogP contribution in [0.5, 0.6) is 0 Å². The number of methoxy groups -OCH3 is 1. The Hall–Kier alpha value is -0.0800. The highest BCUT2D eigenvalue weighted by Crippen LogP contribution is 2.36. The molecule has 0 radical (unpaired) electrons. The van der Waals surface area contributed by atoms with Crippen molar-refractivity contribution in [1.82, 2.24) is 15.1 Å². The van der Waals surface area contributed by atoms with Gasteiger partial charge in [0.15, 0.2) is 5.96 Å². The molecule has 1 saturated carbocycles. The van der Waals surface area contributed by atoms with Gasteiger partial charge in [-0.25, -0.2) is 0 Å². The lowest BCUT2D eigenvalue weighted by molar-refractivity contribution is 0.0405. The second-order valence-electron chi connectivity index (χ2n) is 8.56. The van der Waals surface area contributed by atoms with Crippen molar-refractivity contribution in [3.05, 3.63) is 0 Å². The number of rotatable bonds is 6. The van der Waals surface area contributed by atoms with Crippen LogP contribution < -0.4 is 5.32 Å². The zero-order chi connectivity index (χ0) is 18.2. The first-order chi connectivity index (χ1) is 12.8. The molecule has 1 unspecified atom stereocenters. The van der Waals surface area contributed by atoms with Gasteiger partial charge in [-0.1, -0.05) is 25.7 Å². The van der Waals surface area contributed by atoms with Gasteiger partial charge in [-0.05, 0) is 52.1 Å². The third-order valence-electron chi connectivity index (χ3n) is 6.66. The third-order valence-corrected chi connectivity index (χ3v) is 6.66. The average molecular weight is 492 g/mol. The topological polar surface area (TPSA) is 40.1 Å². The van der Waals surface area contributed by atoms with Gasteiger partial charge >= 0.3 is 0 Å². The molecule has 0 aromatic rings. The first-order valence-corrected chi connectivity index (χ1v) is 11.0. The Labute approximate surface area is 183 Å². The van der Waals surface area contributed by atoms with E-state index in [4.69, 9.17) is 9.73 Å². The van der Waals surface area contributed by atoms with Crippen LogP contribution in [0.25, 0.3) is 0 Å². The summed E-state index contributed by atoms with van der Waals surface area (Å²) in [4.78, 5) is 10.5. The Morgan fingerprint density at radius 3 is 2.44 bits per heavy atom. The van der Waals surface area contributed by atoms with Crippen LogP contribution in [-0.2, 0) is 4.74 Å². The number of halogens is 1. The number of hydrogen-bond donors (Lipinski definition) is 1. The van der Waals surface area contributed by atoms with Crippen LogP contribution in [0.15, 0.2) is 4.99 Å². The maximum atomic E-state index is 5.37. The molecule has 2 saturated heterocycles. The van der Waals surface area contributed by atoms with Crippen molar-refractivity contribution in [2.45, 2.75) is 70.3 Å². The fourth-order valence-corrected chi connectivity index (χ4v) is 5.20. The number of nitrogens with zero attached hydrogens (tertiary/aromatic N) is 3. The predicted octanol–water partition coefficient (Wildman–Crippen LogP) is 3.73. The molecule has 0 bridgehead atoms. The zero-order valence-electron chi connectivity index (χ0n) is 17.5. The van der Waals surface area contributed by atoms with Crippen LogP contribution in [0, 0.1) is 5.92 Å². The van der Waals surface area contributed by atoms with E-state index in [1.807, 2.05) is 7.11 Å². The zero-order valence-corrected chi connectivity index (χ0v) is 19.9. The maximum Gasteiger partial charge on any atom is 0.193 e. The van der Waals surface area contributed by atoms with Gasteiger partial charge in [-0.15, -0.1) is 24.0 Å². The lowest BCUT2D eigenvalue weighted by Gasteiger charge is -2.47. The molecule has 158 valence electrons. The number of hydrogen-bond acceptors (Lipinski definition) is 3. The van der Waals surface area contributed by atoms with E-state index in [-0.39, 0.29) is 24.0 Å². The van der Waals surface area contributed by atoms with Crippen molar-refractivity contribution in [2.75, 3.05) is 53.0 Å². The largest absolute Gasteiger partial charge is 0.384 e. The SMILES string of the molecule is CCNC(=NCC1(N2CCCCC2)CCCCC1)N1CCC(COC)C1.I. The summed E-state index contributed by atoms with van der Waals surface area (Å²) in [7, 11) is 1.81. The van der Waals surface area contributed by atoms with Gasteiger partial charge in [0.1, 0.15) is 0 Å². The van der Waals surface area contributed by atoms with Crippen molar-refractivity contribution in [2.24, 2.45) is 10.9 Å². The fraction of sp³-hybridized carbons (Fsp3) is 0.952. The molecular weight excluding hydrogens is 451 g/mol. The Bertz CT molecular complexity index is 447. The standard InChI is InChI=1S/C21H40N4O.HI/c1-3-22-20(24-15-10-19(16-24)17-26-2)23-18-21(11-6-4-7-12-21)25-13-8-5-9-14-25;/h19H,3-18H2,1-2H3,(H,22,23);1H. The van der Waals surface area contributed by atoms with Gasteiger partial charge in [0, 0.05) is 38.2 Å². The Morgan fingerprint density at radius 2 is 1.78 bits per heavy atom. The molecule has 3 fully saturated rings. The number of guanidine groups is 1. The maximum absolute atomic E-state index is 5.37. The summed E-state index contributed by atoms with van der Waals surface area (Å²) < 4.78 is 5.37. The van der Waals surface area contributed by atoms with E-state index in [9.17, 15) is 0 Å². The molecule has 2 heterocycles. The summed E-state index contributed by atoms with van der Waals surface area (Å²) in [5, 5.41) is 3.56.